The fourth-order valence-corrected chi connectivity index (χ4v) is 4.06. The van der Waals surface area contributed by atoms with Crippen molar-refractivity contribution in [2.75, 3.05) is 11.1 Å². The second-order valence-corrected chi connectivity index (χ2v) is 10.1. The van der Waals surface area contributed by atoms with E-state index in [2.05, 4.69) is 45.2 Å². The molecule has 0 aliphatic rings. The smallest absolute Gasteiger partial charge is 0.230 e. The van der Waals surface area contributed by atoms with E-state index in [1.54, 1.807) is 67.0 Å². The molecule has 6 aromatic rings. The third kappa shape index (κ3) is 10.5. The van der Waals surface area contributed by atoms with E-state index in [1.165, 1.54) is 12.7 Å². The van der Waals surface area contributed by atoms with Crippen LogP contribution in [0, 0.1) is 0 Å². The molecular formula is C28H19Cl5N10. The van der Waals surface area contributed by atoms with Crippen LogP contribution >= 0.6 is 58.0 Å². The Morgan fingerprint density at radius 3 is 1.67 bits per heavy atom. The molecule has 4 heterocycles. The van der Waals surface area contributed by atoms with Gasteiger partial charge in [0, 0.05) is 44.9 Å². The van der Waals surface area contributed by atoms with Crippen LogP contribution in [0.3, 0.4) is 0 Å². The highest BCUT2D eigenvalue weighted by Crippen LogP contribution is 2.21. The van der Waals surface area contributed by atoms with Crippen molar-refractivity contribution >= 4 is 75.3 Å². The molecule has 0 aliphatic carbocycles. The molecule has 216 valence electrons. The number of pyridine rings is 2. The van der Waals surface area contributed by atoms with Crippen molar-refractivity contribution in [1.82, 2.24) is 39.9 Å². The Morgan fingerprint density at radius 2 is 1.14 bits per heavy atom. The molecule has 3 N–H and O–H groups in total. The first-order chi connectivity index (χ1) is 20.7. The third-order valence-corrected chi connectivity index (χ3v) is 6.08. The Hall–Kier alpha value is -4.19. The standard InChI is InChI=1S/C14H9Cl2N5.C8H4Cl2N4.C6H6ClN/c15-10-2-1-3-11(7-10)20-14-19-8-18-13(21-14)9-4-5-17-12(16)6-9;9-6-3-5(1-2-11-6)7-12-4-13-8(10)14-7;7-5-2-1-3-6(8)4-5/h1-8H,(H,18,19,20,21);1-4H;1-4H,8H2. The van der Waals surface area contributed by atoms with Gasteiger partial charge in [0.05, 0.1) is 0 Å². The molecule has 0 aliphatic heterocycles. The molecule has 43 heavy (non-hydrogen) atoms. The molecule has 0 radical (unpaired) electrons. The topological polar surface area (TPSA) is 141 Å². The Balaban J connectivity index is 0.000000165. The average Bonchev–Trinajstić information content (AvgIpc) is 2.98. The van der Waals surface area contributed by atoms with Gasteiger partial charge in [-0.05, 0) is 72.3 Å². The van der Waals surface area contributed by atoms with Crippen molar-refractivity contribution in [2.45, 2.75) is 0 Å². The van der Waals surface area contributed by atoms with E-state index in [-0.39, 0.29) is 5.28 Å². The van der Waals surface area contributed by atoms with Crippen LogP contribution in [0.15, 0.2) is 97.8 Å². The number of benzene rings is 2. The maximum atomic E-state index is 5.94. The fraction of sp³-hybridized carbons (Fsp3) is 0. The summed E-state index contributed by atoms with van der Waals surface area (Å²) >= 11 is 28.7. The molecule has 10 nitrogen and oxygen atoms in total. The molecule has 4 aromatic heterocycles. The summed E-state index contributed by atoms with van der Waals surface area (Å²) in [7, 11) is 0. The van der Waals surface area contributed by atoms with Crippen LogP contribution in [0.2, 0.25) is 25.6 Å². The minimum Gasteiger partial charge on any atom is -0.399 e. The Morgan fingerprint density at radius 1 is 0.558 bits per heavy atom. The lowest BCUT2D eigenvalue weighted by Gasteiger charge is -2.06. The first kappa shape index (κ1) is 31.7. The molecule has 0 saturated carbocycles. The van der Waals surface area contributed by atoms with Crippen LogP contribution in [-0.2, 0) is 0 Å². The fourth-order valence-electron chi connectivity index (χ4n) is 3.20. The summed E-state index contributed by atoms with van der Waals surface area (Å²) < 4.78 is 0. The number of nitrogens with zero attached hydrogens (tertiary/aromatic N) is 8. The summed E-state index contributed by atoms with van der Waals surface area (Å²) in [4.78, 5) is 31.9. The highest BCUT2D eigenvalue weighted by atomic mass is 35.5. The zero-order valence-corrected chi connectivity index (χ0v) is 25.6. The average molecular weight is 673 g/mol. The lowest BCUT2D eigenvalue weighted by atomic mass is 10.2. The van der Waals surface area contributed by atoms with Crippen LogP contribution < -0.4 is 11.1 Å². The molecule has 0 amide bonds. The van der Waals surface area contributed by atoms with Crippen molar-refractivity contribution in [3.05, 3.63) is 123 Å². The van der Waals surface area contributed by atoms with Gasteiger partial charge in [-0.3, -0.25) is 0 Å². The van der Waals surface area contributed by atoms with E-state index in [4.69, 9.17) is 63.7 Å². The molecule has 0 fully saturated rings. The van der Waals surface area contributed by atoms with Crippen molar-refractivity contribution in [2.24, 2.45) is 0 Å². The second-order valence-electron chi connectivity index (χ2n) is 8.14. The van der Waals surface area contributed by atoms with E-state index in [0.717, 1.165) is 16.8 Å². The minimum atomic E-state index is 0.155. The van der Waals surface area contributed by atoms with Gasteiger partial charge in [-0.15, -0.1) is 0 Å². The van der Waals surface area contributed by atoms with Gasteiger partial charge in [0.1, 0.15) is 23.0 Å². The number of aromatic nitrogens is 8. The Kier molecular flexibility index (Phi) is 11.7. The normalized spacial score (nSPS) is 10.1. The number of nitrogen functional groups attached to an aromatic ring is 1. The van der Waals surface area contributed by atoms with E-state index >= 15 is 0 Å². The summed E-state index contributed by atoms with van der Waals surface area (Å²) in [5.41, 5.74) is 8.41. The van der Waals surface area contributed by atoms with Gasteiger partial charge in [-0.1, -0.05) is 58.5 Å². The van der Waals surface area contributed by atoms with Crippen molar-refractivity contribution in [3.8, 4) is 22.8 Å². The van der Waals surface area contributed by atoms with Gasteiger partial charge in [-0.2, -0.15) is 9.97 Å². The van der Waals surface area contributed by atoms with E-state index < -0.39 is 0 Å². The summed E-state index contributed by atoms with van der Waals surface area (Å²) in [5.74, 6) is 1.42. The molecular weight excluding hydrogens is 654 g/mol. The van der Waals surface area contributed by atoms with Crippen LogP contribution in [0.25, 0.3) is 22.8 Å². The summed E-state index contributed by atoms with van der Waals surface area (Å²) in [5, 5.41) is 5.32. The van der Waals surface area contributed by atoms with Gasteiger partial charge >= 0.3 is 0 Å². The van der Waals surface area contributed by atoms with E-state index in [0.29, 0.717) is 43.6 Å². The monoisotopic (exact) mass is 670 g/mol. The number of hydrogen-bond acceptors (Lipinski definition) is 10. The number of halogens is 5. The number of nitrogens with two attached hydrogens (primary N) is 1. The molecule has 0 bridgehead atoms. The van der Waals surface area contributed by atoms with Gasteiger partial charge in [0.15, 0.2) is 11.6 Å². The quantitative estimate of drug-likeness (QED) is 0.139. The molecule has 6 rings (SSSR count). The maximum absolute atomic E-state index is 5.94. The number of rotatable bonds is 4. The Bertz CT molecular complexity index is 1750. The SMILES string of the molecule is Clc1cc(-c2ncnc(Cl)n2)ccn1.Clc1cccc(Nc2ncnc(-c3ccnc(Cl)c3)n2)c1.Nc1cccc(Cl)c1. The van der Waals surface area contributed by atoms with Gasteiger partial charge < -0.3 is 11.1 Å². The summed E-state index contributed by atoms with van der Waals surface area (Å²) in [6.45, 7) is 0. The zero-order chi connectivity index (χ0) is 30.6. The highest BCUT2D eigenvalue weighted by Gasteiger charge is 2.06. The van der Waals surface area contributed by atoms with Crippen LogP contribution in [0.4, 0.5) is 17.3 Å². The number of anilines is 3. The van der Waals surface area contributed by atoms with Gasteiger partial charge in [-0.25, -0.2) is 29.9 Å². The number of hydrogen-bond donors (Lipinski definition) is 2. The number of nitrogens with one attached hydrogen (secondary N) is 1. The van der Waals surface area contributed by atoms with Gasteiger partial charge in [0.25, 0.3) is 0 Å². The van der Waals surface area contributed by atoms with Crippen molar-refractivity contribution in [3.63, 3.8) is 0 Å². The first-order valence-corrected chi connectivity index (χ1v) is 14.0. The van der Waals surface area contributed by atoms with Crippen LogP contribution in [-0.4, -0.2) is 39.9 Å². The van der Waals surface area contributed by atoms with Crippen molar-refractivity contribution in [1.29, 1.82) is 0 Å². The molecule has 2 aromatic carbocycles. The first-order valence-electron chi connectivity index (χ1n) is 12.1. The second kappa shape index (κ2) is 15.9. The molecule has 0 unspecified atom stereocenters. The summed E-state index contributed by atoms with van der Waals surface area (Å²) in [6, 6.07) is 21.3. The van der Waals surface area contributed by atoms with Gasteiger partial charge in [0.2, 0.25) is 11.2 Å². The van der Waals surface area contributed by atoms with Crippen LogP contribution in [0.1, 0.15) is 0 Å². The molecule has 15 heteroatoms. The predicted octanol–water partition coefficient (Wildman–Crippen LogP) is 8.15. The van der Waals surface area contributed by atoms with E-state index in [1.807, 2.05) is 18.2 Å². The predicted molar refractivity (Wildman–Crippen MR) is 172 cm³/mol. The highest BCUT2D eigenvalue weighted by molar-refractivity contribution is 6.31. The molecule has 0 saturated heterocycles. The van der Waals surface area contributed by atoms with Crippen molar-refractivity contribution < 1.29 is 0 Å². The zero-order valence-electron chi connectivity index (χ0n) is 21.8. The third-order valence-electron chi connectivity index (χ3n) is 5.01. The molecule has 0 atom stereocenters. The van der Waals surface area contributed by atoms with Crippen LogP contribution in [0.5, 0.6) is 0 Å². The summed E-state index contributed by atoms with van der Waals surface area (Å²) in [6.07, 6.45) is 5.96. The minimum absolute atomic E-state index is 0.155. The lowest BCUT2D eigenvalue weighted by Crippen LogP contribution is -2.00. The largest absolute Gasteiger partial charge is 0.399 e. The lowest BCUT2D eigenvalue weighted by molar-refractivity contribution is 1.05. The maximum Gasteiger partial charge on any atom is 0.230 e. The Labute approximate surface area is 271 Å². The van der Waals surface area contributed by atoms with E-state index in [9.17, 15) is 0 Å². The molecule has 0 spiro atoms.